The van der Waals surface area contributed by atoms with Gasteiger partial charge in [0.2, 0.25) is 15.9 Å². The maximum Gasteiger partial charge on any atom is 0.245 e. The van der Waals surface area contributed by atoms with Crippen LogP contribution in [0.25, 0.3) is 0 Å². The van der Waals surface area contributed by atoms with E-state index in [-0.39, 0.29) is 11.3 Å². The van der Waals surface area contributed by atoms with Gasteiger partial charge >= 0.3 is 0 Å². The number of rotatable bonds is 5. The molecule has 0 atom stereocenters. The van der Waals surface area contributed by atoms with Crippen molar-refractivity contribution < 1.29 is 13.2 Å². The van der Waals surface area contributed by atoms with Gasteiger partial charge in [0.25, 0.3) is 0 Å². The highest BCUT2D eigenvalue weighted by Gasteiger charge is 2.23. The van der Waals surface area contributed by atoms with Crippen molar-refractivity contribution in [3.05, 3.63) is 59.2 Å². The quantitative estimate of drug-likeness (QED) is 0.890. The molecule has 1 N–H and O–H groups in total. The number of benzene rings is 2. The summed E-state index contributed by atoms with van der Waals surface area (Å²) in [5, 5.41) is 11.9. The van der Waals surface area contributed by atoms with Crippen LogP contribution in [0.4, 0.5) is 11.4 Å². The molecule has 0 unspecified atom stereocenters. The summed E-state index contributed by atoms with van der Waals surface area (Å²) in [5.41, 5.74) is 2.86. The van der Waals surface area contributed by atoms with E-state index in [1.807, 2.05) is 38.1 Å². The van der Waals surface area contributed by atoms with Crippen LogP contribution < -0.4 is 9.62 Å². The Labute approximate surface area is 147 Å². The monoisotopic (exact) mass is 357 g/mol. The van der Waals surface area contributed by atoms with Crippen LogP contribution in [-0.4, -0.2) is 27.1 Å². The molecule has 0 aliphatic rings. The molecule has 0 aliphatic heterocycles. The Bertz CT molecular complexity index is 946. The van der Waals surface area contributed by atoms with Crippen LogP contribution in [-0.2, 0) is 14.8 Å². The fraction of sp³-hybridized carbons (Fsp3) is 0.222. The van der Waals surface area contributed by atoms with Crippen molar-refractivity contribution in [2.45, 2.75) is 13.8 Å². The van der Waals surface area contributed by atoms with Gasteiger partial charge in [-0.05, 0) is 43.2 Å². The minimum Gasteiger partial charge on any atom is -0.324 e. The van der Waals surface area contributed by atoms with Gasteiger partial charge in [-0.1, -0.05) is 24.3 Å². The van der Waals surface area contributed by atoms with Gasteiger partial charge in [-0.3, -0.25) is 9.10 Å². The standard InChI is InChI=1S/C18H19N3O3S/c1-13-8-9-14(2)16(10-13)20-18(22)12-21(25(3,23)24)17-7-5-4-6-15(17)11-19/h4-10H,12H2,1-3H3,(H,20,22). The number of carbonyl (C=O) groups excluding carboxylic acids is 1. The number of hydrogen-bond donors (Lipinski definition) is 1. The third-order valence-corrected chi connectivity index (χ3v) is 4.77. The predicted molar refractivity (Wildman–Crippen MR) is 97.9 cm³/mol. The maximum atomic E-state index is 12.4. The van der Waals surface area contributed by atoms with Crippen LogP contribution in [0.5, 0.6) is 0 Å². The summed E-state index contributed by atoms with van der Waals surface area (Å²) in [5.74, 6) is -0.480. The molecule has 2 aromatic rings. The smallest absolute Gasteiger partial charge is 0.245 e. The van der Waals surface area contributed by atoms with E-state index in [1.165, 1.54) is 12.1 Å². The minimum absolute atomic E-state index is 0.184. The SMILES string of the molecule is Cc1ccc(C)c(NC(=O)CN(c2ccccc2C#N)S(C)(=O)=O)c1. The minimum atomic E-state index is -3.73. The van der Waals surface area contributed by atoms with Gasteiger partial charge in [-0.25, -0.2) is 8.42 Å². The zero-order chi connectivity index (χ0) is 18.6. The van der Waals surface area contributed by atoms with Crippen molar-refractivity contribution in [2.75, 3.05) is 22.4 Å². The van der Waals surface area contributed by atoms with Crippen molar-refractivity contribution in [1.29, 1.82) is 5.26 Å². The van der Waals surface area contributed by atoms with Crippen LogP contribution in [0.15, 0.2) is 42.5 Å². The fourth-order valence-electron chi connectivity index (χ4n) is 2.36. The first-order valence-electron chi connectivity index (χ1n) is 7.56. The van der Waals surface area contributed by atoms with Crippen LogP contribution in [0.2, 0.25) is 0 Å². The van der Waals surface area contributed by atoms with E-state index in [1.54, 1.807) is 12.1 Å². The first-order valence-corrected chi connectivity index (χ1v) is 9.41. The molecule has 6 nitrogen and oxygen atoms in total. The molecule has 0 radical (unpaired) electrons. The van der Waals surface area contributed by atoms with E-state index < -0.39 is 22.5 Å². The van der Waals surface area contributed by atoms with E-state index >= 15 is 0 Å². The highest BCUT2D eigenvalue weighted by Crippen LogP contribution is 2.22. The first kappa shape index (κ1) is 18.5. The Morgan fingerprint density at radius 3 is 2.52 bits per heavy atom. The number of sulfonamides is 1. The Balaban J connectivity index is 2.31. The highest BCUT2D eigenvalue weighted by molar-refractivity contribution is 7.92. The molecule has 0 saturated carbocycles. The summed E-state index contributed by atoms with van der Waals surface area (Å²) in [7, 11) is -3.73. The Morgan fingerprint density at radius 2 is 1.88 bits per heavy atom. The van der Waals surface area contributed by atoms with Crippen LogP contribution >= 0.6 is 0 Å². The molecule has 0 heterocycles. The van der Waals surface area contributed by atoms with Gasteiger partial charge in [0.15, 0.2) is 0 Å². The predicted octanol–water partition coefficient (Wildman–Crippen LogP) is 2.58. The molecule has 2 rings (SSSR count). The molecular weight excluding hydrogens is 338 g/mol. The topological polar surface area (TPSA) is 90.3 Å². The van der Waals surface area contributed by atoms with Crippen molar-refractivity contribution in [3.63, 3.8) is 0 Å². The molecule has 130 valence electrons. The molecule has 0 fully saturated rings. The average molecular weight is 357 g/mol. The second kappa shape index (κ2) is 7.36. The lowest BCUT2D eigenvalue weighted by atomic mass is 10.1. The summed E-state index contributed by atoms with van der Waals surface area (Å²) >= 11 is 0. The Kier molecular flexibility index (Phi) is 5.45. The molecule has 25 heavy (non-hydrogen) atoms. The van der Waals surface area contributed by atoms with E-state index in [0.717, 1.165) is 21.7 Å². The van der Waals surface area contributed by atoms with Crippen molar-refractivity contribution >= 4 is 27.3 Å². The van der Waals surface area contributed by atoms with E-state index in [0.29, 0.717) is 5.69 Å². The molecule has 0 bridgehead atoms. The van der Waals surface area contributed by atoms with E-state index in [9.17, 15) is 18.5 Å². The van der Waals surface area contributed by atoms with E-state index in [2.05, 4.69) is 5.32 Å². The number of nitrogens with one attached hydrogen (secondary N) is 1. The number of para-hydroxylation sites is 1. The van der Waals surface area contributed by atoms with Gasteiger partial charge in [-0.2, -0.15) is 5.26 Å². The molecule has 1 amide bonds. The van der Waals surface area contributed by atoms with Crippen molar-refractivity contribution in [1.82, 2.24) is 0 Å². The number of aryl methyl sites for hydroxylation is 2. The normalized spacial score (nSPS) is 10.8. The van der Waals surface area contributed by atoms with Gasteiger partial charge in [0.05, 0.1) is 17.5 Å². The number of hydrogen-bond acceptors (Lipinski definition) is 4. The number of anilines is 2. The van der Waals surface area contributed by atoms with Crippen LogP contribution in [0.3, 0.4) is 0 Å². The molecule has 7 heteroatoms. The maximum absolute atomic E-state index is 12.4. The van der Waals surface area contributed by atoms with Crippen LogP contribution in [0, 0.1) is 25.2 Å². The third-order valence-electron chi connectivity index (χ3n) is 3.65. The van der Waals surface area contributed by atoms with Gasteiger partial charge < -0.3 is 5.32 Å². The van der Waals surface area contributed by atoms with Gasteiger partial charge in [0, 0.05) is 5.69 Å². The molecule has 0 saturated heterocycles. The second-order valence-electron chi connectivity index (χ2n) is 5.77. The van der Waals surface area contributed by atoms with Gasteiger partial charge in [-0.15, -0.1) is 0 Å². The number of nitriles is 1. The zero-order valence-corrected chi connectivity index (χ0v) is 15.1. The lowest BCUT2D eigenvalue weighted by Crippen LogP contribution is -2.38. The Hall–Kier alpha value is -2.85. The molecular formula is C18H19N3O3S. The molecule has 0 spiro atoms. The largest absolute Gasteiger partial charge is 0.324 e. The summed E-state index contributed by atoms with van der Waals surface area (Å²) in [4.78, 5) is 12.4. The van der Waals surface area contributed by atoms with E-state index in [4.69, 9.17) is 0 Å². The summed E-state index contributed by atoms with van der Waals surface area (Å²) in [6, 6.07) is 13.9. The van der Waals surface area contributed by atoms with Gasteiger partial charge in [0.1, 0.15) is 12.6 Å². The molecule has 0 aromatic heterocycles. The molecule has 0 aliphatic carbocycles. The highest BCUT2D eigenvalue weighted by atomic mass is 32.2. The lowest BCUT2D eigenvalue weighted by Gasteiger charge is -2.23. The number of amides is 1. The fourth-order valence-corrected chi connectivity index (χ4v) is 3.23. The summed E-state index contributed by atoms with van der Waals surface area (Å²) < 4.78 is 25.2. The van der Waals surface area contributed by atoms with Crippen LogP contribution in [0.1, 0.15) is 16.7 Å². The van der Waals surface area contributed by atoms with Crippen molar-refractivity contribution in [2.24, 2.45) is 0 Å². The number of nitrogens with zero attached hydrogens (tertiary/aromatic N) is 2. The summed E-state index contributed by atoms with van der Waals surface area (Å²) in [6.45, 7) is 3.35. The third kappa shape index (κ3) is 4.58. The number of carbonyl (C=O) groups is 1. The second-order valence-corrected chi connectivity index (χ2v) is 7.67. The first-order chi connectivity index (χ1) is 11.7. The molecule has 2 aromatic carbocycles. The summed E-state index contributed by atoms with van der Waals surface area (Å²) in [6.07, 6.45) is 1.01. The van der Waals surface area contributed by atoms with Crippen molar-refractivity contribution in [3.8, 4) is 6.07 Å². The lowest BCUT2D eigenvalue weighted by molar-refractivity contribution is -0.114. The zero-order valence-electron chi connectivity index (χ0n) is 14.3. The average Bonchev–Trinajstić information content (AvgIpc) is 2.55. The Morgan fingerprint density at radius 1 is 1.20 bits per heavy atom.